The second-order valence-electron chi connectivity index (χ2n) is 4.87. The lowest BCUT2D eigenvalue weighted by molar-refractivity contribution is -0.145. The van der Waals surface area contributed by atoms with E-state index in [-0.39, 0.29) is 18.1 Å². The van der Waals surface area contributed by atoms with Gasteiger partial charge in [-0.1, -0.05) is 30.3 Å². The van der Waals surface area contributed by atoms with Gasteiger partial charge in [0.1, 0.15) is 11.5 Å². The Kier molecular flexibility index (Phi) is 4.82. The van der Waals surface area contributed by atoms with Gasteiger partial charge in [0.15, 0.2) is 0 Å². The third-order valence-corrected chi connectivity index (χ3v) is 3.31. The molecule has 0 aliphatic heterocycles. The molecule has 4 heteroatoms. The van der Waals surface area contributed by atoms with E-state index in [4.69, 9.17) is 4.74 Å². The second-order valence-corrected chi connectivity index (χ2v) is 4.87. The number of hydrogen-bond donors (Lipinski definition) is 2. The maximum atomic E-state index is 12.0. The van der Waals surface area contributed by atoms with Crippen LogP contribution in [0, 0.1) is 0 Å². The van der Waals surface area contributed by atoms with Crippen LogP contribution in [0.15, 0.2) is 48.5 Å². The Morgan fingerprint density at radius 1 is 1.14 bits per heavy atom. The van der Waals surface area contributed by atoms with Gasteiger partial charge in [-0.05, 0) is 30.7 Å². The van der Waals surface area contributed by atoms with Crippen molar-refractivity contribution in [3.63, 3.8) is 0 Å². The fourth-order valence-corrected chi connectivity index (χ4v) is 2.05. The van der Waals surface area contributed by atoms with Gasteiger partial charge in [-0.2, -0.15) is 0 Å². The molecule has 0 heterocycles. The molecule has 0 fully saturated rings. The summed E-state index contributed by atoms with van der Waals surface area (Å²) in [5.41, 5.74) is 1.46. The summed E-state index contributed by atoms with van der Waals surface area (Å²) in [6.07, 6.45) is 0.644. The fraction of sp³-hybridized carbons (Fsp3) is 0.235. The van der Waals surface area contributed by atoms with Crippen molar-refractivity contribution in [3.05, 3.63) is 59.7 Å². The van der Waals surface area contributed by atoms with Crippen LogP contribution >= 0.6 is 0 Å². The van der Waals surface area contributed by atoms with Gasteiger partial charge in [0.05, 0.1) is 12.5 Å². The van der Waals surface area contributed by atoms with Gasteiger partial charge in [-0.3, -0.25) is 4.79 Å². The zero-order chi connectivity index (χ0) is 15.2. The summed E-state index contributed by atoms with van der Waals surface area (Å²) in [4.78, 5) is 12.0. The molecule has 2 rings (SSSR count). The molecule has 0 aliphatic rings. The van der Waals surface area contributed by atoms with Gasteiger partial charge in [-0.25, -0.2) is 0 Å². The molecule has 1 atom stereocenters. The molecule has 110 valence electrons. The molecule has 0 aliphatic carbocycles. The van der Waals surface area contributed by atoms with Gasteiger partial charge >= 0.3 is 5.97 Å². The summed E-state index contributed by atoms with van der Waals surface area (Å²) in [6, 6.07) is 13.8. The van der Waals surface area contributed by atoms with E-state index in [1.54, 1.807) is 6.92 Å². The monoisotopic (exact) mass is 286 g/mol. The van der Waals surface area contributed by atoms with E-state index >= 15 is 0 Å². The number of rotatable bonds is 5. The molecule has 0 bridgehead atoms. The van der Waals surface area contributed by atoms with Crippen LogP contribution in [0.1, 0.15) is 24.0 Å². The first-order chi connectivity index (χ1) is 10.1. The number of carbonyl (C=O) groups excluding carboxylic acids is 1. The largest absolute Gasteiger partial charge is 0.508 e. The molecular formula is C17H18O4. The molecule has 21 heavy (non-hydrogen) atoms. The third-order valence-electron chi connectivity index (χ3n) is 3.31. The zero-order valence-corrected chi connectivity index (χ0v) is 11.8. The standard InChI is InChI=1S/C17H18O4/c1-12(15-11-14(18)7-8-16(15)19)17(20)21-10-9-13-5-3-2-4-6-13/h2-8,11-12,18-19H,9-10H2,1H3. The van der Waals surface area contributed by atoms with Crippen LogP contribution in [0.2, 0.25) is 0 Å². The summed E-state index contributed by atoms with van der Waals surface area (Å²) >= 11 is 0. The topological polar surface area (TPSA) is 66.8 Å². The Labute approximate surface area is 123 Å². The van der Waals surface area contributed by atoms with Crippen molar-refractivity contribution in [2.24, 2.45) is 0 Å². The van der Waals surface area contributed by atoms with E-state index in [0.717, 1.165) is 5.56 Å². The first kappa shape index (κ1) is 14.9. The number of esters is 1. The van der Waals surface area contributed by atoms with Gasteiger partial charge in [-0.15, -0.1) is 0 Å². The molecule has 0 radical (unpaired) electrons. The van der Waals surface area contributed by atoms with E-state index in [1.807, 2.05) is 30.3 Å². The average Bonchev–Trinajstić information content (AvgIpc) is 2.50. The van der Waals surface area contributed by atoms with E-state index < -0.39 is 11.9 Å². The molecule has 0 saturated carbocycles. The molecular weight excluding hydrogens is 268 g/mol. The predicted octanol–water partition coefficient (Wildman–Crippen LogP) is 2.99. The summed E-state index contributed by atoms with van der Waals surface area (Å²) < 4.78 is 5.23. The van der Waals surface area contributed by atoms with Crippen molar-refractivity contribution in [2.45, 2.75) is 19.3 Å². The average molecular weight is 286 g/mol. The number of phenolic OH excluding ortho intramolecular Hbond substituents is 2. The van der Waals surface area contributed by atoms with Crippen molar-refractivity contribution in [1.82, 2.24) is 0 Å². The number of phenols is 2. The minimum absolute atomic E-state index is 0.00624. The highest BCUT2D eigenvalue weighted by atomic mass is 16.5. The van der Waals surface area contributed by atoms with Gasteiger partial charge in [0.25, 0.3) is 0 Å². The first-order valence-electron chi connectivity index (χ1n) is 6.80. The van der Waals surface area contributed by atoms with Crippen LogP contribution in [0.4, 0.5) is 0 Å². The Morgan fingerprint density at radius 3 is 2.57 bits per heavy atom. The number of aromatic hydroxyl groups is 2. The molecule has 0 aromatic heterocycles. The second kappa shape index (κ2) is 6.79. The molecule has 1 unspecified atom stereocenters. The molecule has 0 amide bonds. The van der Waals surface area contributed by atoms with Crippen molar-refractivity contribution in [2.75, 3.05) is 6.61 Å². The Hall–Kier alpha value is -2.49. The highest BCUT2D eigenvalue weighted by Crippen LogP contribution is 2.29. The Bertz CT molecular complexity index is 607. The maximum absolute atomic E-state index is 12.0. The van der Waals surface area contributed by atoms with Crippen LogP contribution in [0.3, 0.4) is 0 Å². The summed E-state index contributed by atoms with van der Waals surface area (Å²) in [6.45, 7) is 1.92. The molecule has 2 N–H and O–H groups in total. The van der Waals surface area contributed by atoms with E-state index in [2.05, 4.69) is 0 Å². The van der Waals surface area contributed by atoms with Gasteiger partial charge in [0, 0.05) is 12.0 Å². The van der Waals surface area contributed by atoms with Crippen molar-refractivity contribution < 1.29 is 19.7 Å². The third kappa shape index (κ3) is 3.99. The van der Waals surface area contributed by atoms with Gasteiger partial charge in [0.2, 0.25) is 0 Å². The van der Waals surface area contributed by atoms with Crippen LogP contribution in [0.5, 0.6) is 11.5 Å². The predicted molar refractivity (Wildman–Crippen MR) is 79.3 cm³/mol. The van der Waals surface area contributed by atoms with E-state index in [1.165, 1.54) is 18.2 Å². The lowest BCUT2D eigenvalue weighted by atomic mass is 10.00. The Morgan fingerprint density at radius 2 is 1.86 bits per heavy atom. The number of ether oxygens (including phenoxy) is 1. The molecule has 4 nitrogen and oxygen atoms in total. The summed E-state index contributed by atoms with van der Waals surface area (Å²) in [7, 11) is 0. The van der Waals surface area contributed by atoms with Crippen molar-refractivity contribution in [3.8, 4) is 11.5 Å². The minimum atomic E-state index is -0.632. The maximum Gasteiger partial charge on any atom is 0.313 e. The smallest absolute Gasteiger partial charge is 0.313 e. The number of hydrogen-bond acceptors (Lipinski definition) is 4. The number of benzene rings is 2. The van der Waals surface area contributed by atoms with Crippen molar-refractivity contribution in [1.29, 1.82) is 0 Å². The normalized spacial score (nSPS) is 11.9. The van der Waals surface area contributed by atoms with Gasteiger partial charge < -0.3 is 14.9 Å². The quantitative estimate of drug-likeness (QED) is 0.655. The van der Waals surface area contributed by atoms with Crippen LogP contribution in [-0.2, 0) is 16.0 Å². The van der Waals surface area contributed by atoms with Crippen LogP contribution < -0.4 is 0 Å². The molecule has 0 spiro atoms. The summed E-state index contributed by atoms with van der Waals surface area (Å²) in [5.74, 6) is -1.08. The van der Waals surface area contributed by atoms with Crippen LogP contribution in [0.25, 0.3) is 0 Å². The molecule has 2 aromatic rings. The lowest BCUT2D eigenvalue weighted by Crippen LogP contribution is -2.15. The van der Waals surface area contributed by atoms with Crippen LogP contribution in [-0.4, -0.2) is 22.8 Å². The molecule has 2 aromatic carbocycles. The highest BCUT2D eigenvalue weighted by Gasteiger charge is 2.20. The summed E-state index contributed by atoms with van der Waals surface area (Å²) in [5, 5.41) is 19.2. The SMILES string of the molecule is CC(C(=O)OCCc1ccccc1)c1cc(O)ccc1O. The fourth-order valence-electron chi connectivity index (χ4n) is 2.05. The lowest BCUT2D eigenvalue weighted by Gasteiger charge is -2.13. The van der Waals surface area contributed by atoms with E-state index in [9.17, 15) is 15.0 Å². The highest BCUT2D eigenvalue weighted by molar-refractivity contribution is 5.78. The zero-order valence-electron chi connectivity index (χ0n) is 11.8. The van der Waals surface area contributed by atoms with Crippen molar-refractivity contribution >= 4 is 5.97 Å². The minimum Gasteiger partial charge on any atom is -0.508 e. The first-order valence-corrected chi connectivity index (χ1v) is 6.80. The number of carbonyl (C=O) groups is 1. The Balaban J connectivity index is 1.92. The van der Waals surface area contributed by atoms with E-state index in [0.29, 0.717) is 12.0 Å². The molecule has 0 saturated heterocycles.